The number of carbonyl (C=O) groups excluding carboxylic acids is 3. The fourth-order valence-corrected chi connectivity index (χ4v) is 4.21. The quantitative estimate of drug-likeness (QED) is 0.384. The molecule has 0 aliphatic heterocycles. The van der Waals surface area contributed by atoms with Crippen molar-refractivity contribution in [3.63, 3.8) is 0 Å². The number of halogens is 1. The monoisotopic (exact) mass is 413 g/mol. The maximum absolute atomic E-state index is 13.5. The van der Waals surface area contributed by atoms with Gasteiger partial charge in [-0.25, -0.2) is 0 Å². The van der Waals surface area contributed by atoms with Crippen molar-refractivity contribution in [3.8, 4) is 0 Å². The van der Waals surface area contributed by atoms with Gasteiger partial charge in [-0.2, -0.15) is 0 Å². The Balaban J connectivity index is 1.86. The predicted octanol–water partition coefficient (Wildman–Crippen LogP) is 5.16. The standard InChI is InChI=1S/C25H16ClNO3/c1-2-14-11-12-27-19(13-14)20(23(28)15-7-9-16(26)10-8-15)21-22(27)25(30)18-6-4-3-5-17(18)24(21)29/h3-13H,2H2,1H3. The third-order valence-electron chi connectivity index (χ3n) is 5.60. The highest BCUT2D eigenvalue weighted by atomic mass is 35.5. The van der Waals surface area contributed by atoms with E-state index in [0.29, 0.717) is 27.2 Å². The zero-order valence-corrected chi connectivity index (χ0v) is 16.9. The summed E-state index contributed by atoms with van der Waals surface area (Å²) in [5, 5.41) is 0.517. The maximum Gasteiger partial charge on any atom is 0.211 e. The number of carbonyl (C=O) groups is 3. The summed E-state index contributed by atoms with van der Waals surface area (Å²) < 4.78 is 1.67. The number of rotatable bonds is 3. The minimum atomic E-state index is -0.306. The molecule has 0 atom stereocenters. The number of pyridine rings is 1. The zero-order valence-electron chi connectivity index (χ0n) is 16.1. The Morgan fingerprint density at radius 3 is 2.27 bits per heavy atom. The largest absolute Gasteiger partial charge is 0.312 e. The number of hydrogen-bond donors (Lipinski definition) is 0. The molecule has 2 heterocycles. The number of ketones is 3. The lowest BCUT2D eigenvalue weighted by molar-refractivity contribution is 0.0970. The minimum absolute atomic E-state index is 0.173. The van der Waals surface area contributed by atoms with Gasteiger partial charge in [-0.05, 0) is 48.4 Å². The van der Waals surface area contributed by atoms with Crippen LogP contribution in [0.15, 0.2) is 66.9 Å². The van der Waals surface area contributed by atoms with Crippen LogP contribution < -0.4 is 0 Å². The van der Waals surface area contributed by atoms with Gasteiger partial charge in [0.1, 0.15) is 5.69 Å². The summed E-state index contributed by atoms with van der Waals surface area (Å²) in [5.41, 5.74) is 3.35. The number of nitrogens with zero attached hydrogens (tertiary/aromatic N) is 1. The number of hydrogen-bond acceptors (Lipinski definition) is 3. The van der Waals surface area contributed by atoms with Crippen LogP contribution >= 0.6 is 11.6 Å². The molecule has 0 saturated carbocycles. The van der Waals surface area contributed by atoms with E-state index in [4.69, 9.17) is 11.6 Å². The van der Waals surface area contributed by atoms with Crippen LogP contribution in [0.5, 0.6) is 0 Å². The first kappa shape index (κ1) is 18.5. The molecule has 0 unspecified atom stereocenters. The summed E-state index contributed by atoms with van der Waals surface area (Å²) >= 11 is 5.98. The topological polar surface area (TPSA) is 55.6 Å². The number of benzene rings is 2. The van der Waals surface area contributed by atoms with Crippen molar-refractivity contribution in [2.75, 3.05) is 0 Å². The van der Waals surface area contributed by atoms with Gasteiger partial charge in [-0.15, -0.1) is 0 Å². The zero-order chi connectivity index (χ0) is 21.0. The number of aromatic nitrogens is 1. The van der Waals surface area contributed by atoms with Gasteiger partial charge in [0.15, 0.2) is 11.6 Å². The van der Waals surface area contributed by atoms with E-state index in [-0.39, 0.29) is 34.2 Å². The van der Waals surface area contributed by atoms with E-state index in [0.717, 1.165) is 12.0 Å². The summed E-state index contributed by atoms with van der Waals surface area (Å²) in [6.45, 7) is 2.02. The Labute approximate surface area is 177 Å². The molecule has 1 aliphatic carbocycles. The molecule has 4 nitrogen and oxygen atoms in total. The van der Waals surface area contributed by atoms with Crippen LogP contribution in [0.4, 0.5) is 0 Å². The molecule has 2 aromatic heterocycles. The van der Waals surface area contributed by atoms with Gasteiger partial charge in [0.2, 0.25) is 5.78 Å². The predicted molar refractivity (Wildman–Crippen MR) is 115 cm³/mol. The van der Waals surface area contributed by atoms with Crippen molar-refractivity contribution in [3.05, 3.63) is 111 Å². The van der Waals surface area contributed by atoms with Crippen molar-refractivity contribution >= 4 is 34.5 Å². The molecule has 0 fully saturated rings. The first-order valence-electron chi connectivity index (χ1n) is 9.67. The van der Waals surface area contributed by atoms with Crippen molar-refractivity contribution in [2.24, 2.45) is 0 Å². The van der Waals surface area contributed by atoms with Gasteiger partial charge in [-0.1, -0.05) is 42.8 Å². The summed E-state index contributed by atoms with van der Waals surface area (Å²) in [6, 6.07) is 17.1. The number of aryl methyl sites for hydroxylation is 1. The van der Waals surface area contributed by atoms with Gasteiger partial charge in [0.25, 0.3) is 0 Å². The summed E-state index contributed by atoms with van der Waals surface area (Å²) in [6.07, 6.45) is 2.54. The molecule has 0 spiro atoms. The Bertz CT molecular complexity index is 1380. The van der Waals surface area contributed by atoms with E-state index in [2.05, 4.69) is 0 Å². The van der Waals surface area contributed by atoms with Crippen LogP contribution in [0, 0.1) is 0 Å². The first-order valence-corrected chi connectivity index (χ1v) is 10.0. The van der Waals surface area contributed by atoms with E-state index < -0.39 is 0 Å². The average Bonchev–Trinajstić information content (AvgIpc) is 3.12. The minimum Gasteiger partial charge on any atom is -0.312 e. The molecule has 5 heteroatoms. The maximum atomic E-state index is 13.5. The molecule has 5 rings (SSSR count). The van der Waals surface area contributed by atoms with Crippen LogP contribution in [-0.4, -0.2) is 21.8 Å². The SMILES string of the molecule is CCc1ccn2c3c(c(C(=O)c4ccc(Cl)cc4)c2c1)C(=O)c1ccccc1C3=O. The van der Waals surface area contributed by atoms with E-state index in [1.165, 1.54) is 0 Å². The number of fused-ring (bicyclic) bond motifs is 4. The Morgan fingerprint density at radius 1 is 0.933 bits per heavy atom. The highest BCUT2D eigenvalue weighted by Crippen LogP contribution is 2.35. The highest BCUT2D eigenvalue weighted by molar-refractivity contribution is 6.34. The van der Waals surface area contributed by atoms with Crippen molar-refractivity contribution in [1.82, 2.24) is 4.40 Å². The molecule has 30 heavy (non-hydrogen) atoms. The Hall–Kier alpha value is -3.50. The molecule has 1 aliphatic rings. The molecule has 0 amide bonds. The van der Waals surface area contributed by atoms with E-state index in [1.54, 1.807) is 59.1 Å². The van der Waals surface area contributed by atoms with Crippen LogP contribution in [0.1, 0.15) is 60.4 Å². The van der Waals surface area contributed by atoms with Gasteiger partial charge in [-0.3, -0.25) is 14.4 Å². The van der Waals surface area contributed by atoms with Gasteiger partial charge in [0, 0.05) is 27.9 Å². The molecule has 146 valence electrons. The van der Waals surface area contributed by atoms with E-state index >= 15 is 0 Å². The van der Waals surface area contributed by atoms with Crippen LogP contribution in [-0.2, 0) is 6.42 Å². The molecular weight excluding hydrogens is 398 g/mol. The van der Waals surface area contributed by atoms with Gasteiger partial charge < -0.3 is 4.40 Å². The Morgan fingerprint density at radius 2 is 1.60 bits per heavy atom. The fraction of sp³-hybridized carbons (Fsp3) is 0.0800. The van der Waals surface area contributed by atoms with Crippen LogP contribution in [0.3, 0.4) is 0 Å². The molecular formula is C25H16ClNO3. The molecule has 0 bridgehead atoms. The van der Waals surface area contributed by atoms with Crippen molar-refractivity contribution < 1.29 is 14.4 Å². The van der Waals surface area contributed by atoms with Gasteiger partial charge >= 0.3 is 0 Å². The first-order chi connectivity index (χ1) is 14.5. The molecule has 4 aromatic rings. The van der Waals surface area contributed by atoms with Gasteiger partial charge in [0.05, 0.1) is 16.6 Å². The fourth-order valence-electron chi connectivity index (χ4n) is 4.08. The summed E-state index contributed by atoms with van der Waals surface area (Å²) in [4.78, 5) is 40.3. The second-order valence-corrected chi connectivity index (χ2v) is 7.72. The average molecular weight is 414 g/mol. The Kier molecular flexibility index (Phi) is 4.19. The lowest BCUT2D eigenvalue weighted by Gasteiger charge is -2.15. The van der Waals surface area contributed by atoms with Crippen molar-refractivity contribution in [1.29, 1.82) is 0 Å². The van der Waals surface area contributed by atoms with Crippen LogP contribution in [0.2, 0.25) is 5.02 Å². The molecule has 0 radical (unpaired) electrons. The van der Waals surface area contributed by atoms with E-state index in [1.807, 2.05) is 19.1 Å². The van der Waals surface area contributed by atoms with Crippen LogP contribution in [0.25, 0.3) is 5.52 Å². The summed E-state index contributed by atoms with van der Waals surface area (Å²) in [7, 11) is 0. The highest BCUT2D eigenvalue weighted by Gasteiger charge is 2.37. The molecule has 0 N–H and O–H groups in total. The lowest BCUT2D eigenvalue weighted by Crippen LogP contribution is -2.22. The third-order valence-corrected chi connectivity index (χ3v) is 5.86. The smallest absolute Gasteiger partial charge is 0.211 e. The summed E-state index contributed by atoms with van der Waals surface area (Å²) in [5.74, 6) is -0.868. The molecule has 2 aromatic carbocycles. The third kappa shape index (κ3) is 2.57. The lowest BCUT2D eigenvalue weighted by atomic mass is 9.85. The van der Waals surface area contributed by atoms with E-state index in [9.17, 15) is 14.4 Å². The second kappa shape index (κ2) is 6.78. The normalized spacial score (nSPS) is 12.7. The van der Waals surface area contributed by atoms with Crippen molar-refractivity contribution in [2.45, 2.75) is 13.3 Å². The second-order valence-electron chi connectivity index (χ2n) is 7.28. The molecule has 0 saturated heterocycles.